The molecule has 0 aromatic carbocycles. The Morgan fingerprint density at radius 3 is 2.50 bits per heavy atom. The molecule has 0 spiro atoms. The fraction of sp³-hybridized carbons (Fsp3) is 0.857. The summed E-state index contributed by atoms with van der Waals surface area (Å²) in [6.07, 6.45) is 8.62. The average Bonchev–Trinajstić information content (AvgIpc) is 2.51. The van der Waals surface area contributed by atoms with Crippen LogP contribution in [0.25, 0.3) is 0 Å². The van der Waals surface area contributed by atoms with Crippen molar-refractivity contribution < 1.29 is 10.0 Å². The van der Waals surface area contributed by atoms with Gasteiger partial charge in [0.15, 0.2) is 5.84 Å². The first-order valence-corrected chi connectivity index (χ1v) is 8.48. The molecule has 1 unspecified atom stereocenters. The largest absolute Gasteiger partial charge is 0.409 e. The highest BCUT2D eigenvalue weighted by Crippen LogP contribution is 2.38. The van der Waals surface area contributed by atoms with E-state index in [2.05, 4.69) is 16.7 Å². The maximum atomic E-state index is 12.4. The Kier molecular flexibility index (Phi) is 6.17. The van der Waals surface area contributed by atoms with Gasteiger partial charge in [-0.3, -0.25) is 4.79 Å². The minimum absolute atomic E-state index is 0.0284. The second-order valence-electron chi connectivity index (χ2n) is 5.80. The molecule has 1 rings (SSSR count). The third-order valence-corrected chi connectivity index (χ3v) is 6.07. The zero-order chi connectivity index (χ0) is 15.2. The number of oxime groups is 1. The van der Waals surface area contributed by atoms with Gasteiger partial charge in [0, 0.05) is 11.3 Å². The van der Waals surface area contributed by atoms with E-state index in [0.717, 1.165) is 12.8 Å². The van der Waals surface area contributed by atoms with E-state index in [4.69, 9.17) is 10.9 Å². The summed E-state index contributed by atoms with van der Waals surface area (Å²) in [5.74, 6) is -0.186. The maximum Gasteiger partial charge on any atom is 0.233 e. The molecule has 1 aliphatic carbocycles. The van der Waals surface area contributed by atoms with Crippen LogP contribution in [0.1, 0.15) is 52.4 Å². The van der Waals surface area contributed by atoms with Crippen LogP contribution in [0.3, 0.4) is 0 Å². The standard InChI is InChI=1S/C14H27N3O2S/c1-4-13(2,11(15)17-19)12(18)16-10-14(20-3)8-6-5-7-9-14/h19H,4-10H2,1-3H3,(H2,15,17)(H,16,18). The number of nitrogens with two attached hydrogens (primary N) is 1. The third kappa shape index (κ3) is 3.59. The number of hydrogen-bond donors (Lipinski definition) is 3. The summed E-state index contributed by atoms with van der Waals surface area (Å²) < 4.78 is 0.147. The number of nitrogens with zero attached hydrogens (tertiary/aromatic N) is 1. The van der Waals surface area contributed by atoms with Crippen molar-refractivity contribution in [2.24, 2.45) is 16.3 Å². The van der Waals surface area contributed by atoms with Gasteiger partial charge in [-0.1, -0.05) is 31.3 Å². The number of hydrogen-bond acceptors (Lipinski definition) is 4. The first kappa shape index (κ1) is 17.1. The molecule has 0 aromatic heterocycles. The van der Waals surface area contributed by atoms with Crippen molar-refractivity contribution in [1.29, 1.82) is 0 Å². The summed E-state index contributed by atoms with van der Waals surface area (Å²) in [6, 6.07) is 0. The topological polar surface area (TPSA) is 87.7 Å². The lowest BCUT2D eigenvalue weighted by molar-refractivity contribution is -0.127. The highest BCUT2D eigenvalue weighted by atomic mass is 32.2. The van der Waals surface area contributed by atoms with Gasteiger partial charge in [-0.25, -0.2) is 0 Å². The SMILES string of the molecule is CCC(C)(C(=O)NCC1(SC)CCCCC1)C(N)=NO. The van der Waals surface area contributed by atoms with Crippen molar-refractivity contribution in [2.75, 3.05) is 12.8 Å². The number of thioether (sulfide) groups is 1. The van der Waals surface area contributed by atoms with Gasteiger partial charge in [-0.2, -0.15) is 11.8 Å². The molecule has 0 radical (unpaired) electrons. The van der Waals surface area contributed by atoms with Gasteiger partial charge in [0.05, 0.1) is 0 Å². The van der Waals surface area contributed by atoms with Crippen molar-refractivity contribution in [3.63, 3.8) is 0 Å². The van der Waals surface area contributed by atoms with Crippen LogP contribution in [-0.4, -0.2) is 34.5 Å². The van der Waals surface area contributed by atoms with Crippen LogP contribution in [0.2, 0.25) is 0 Å². The van der Waals surface area contributed by atoms with Crippen LogP contribution >= 0.6 is 11.8 Å². The number of nitrogens with one attached hydrogen (secondary N) is 1. The number of carbonyl (C=O) groups is 1. The van der Waals surface area contributed by atoms with Crippen molar-refractivity contribution >= 4 is 23.5 Å². The van der Waals surface area contributed by atoms with E-state index in [1.54, 1.807) is 6.92 Å². The lowest BCUT2D eigenvalue weighted by Crippen LogP contribution is -2.51. The molecular formula is C14H27N3O2S. The molecule has 6 heteroatoms. The van der Waals surface area contributed by atoms with E-state index >= 15 is 0 Å². The lowest BCUT2D eigenvalue weighted by atomic mass is 9.84. The smallest absolute Gasteiger partial charge is 0.233 e. The van der Waals surface area contributed by atoms with Gasteiger partial charge in [0.1, 0.15) is 5.41 Å². The maximum absolute atomic E-state index is 12.4. The molecule has 1 amide bonds. The number of carbonyl (C=O) groups excluding carboxylic acids is 1. The molecule has 0 aliphatic heterocycles. The van der Waals surface area contributed by atoms with Crippen LogP contribution in [0.5, 0.6) is 0 Å². The lowest BCUT2D eigenvalue weighted by Gasteiger charge is -2.37. The molecule has 0 heterocycles. The summed E-state index contributed by atoms with van der Waals surface area (Å²) in [4.78, 5) is 12.4. The van der Waals surface area contributed by atoms with Crippen LogP contribution in [0, 0.1) is 5.41 Å². The fourth-order valence-electron chi connectivity index (χ4n) is 2.65. The normalized spacial score (nSPS) is 22.1. The molecule has 0 bridgehead atoms. The van der Waals surface area contributed by atoms with E-state index in [-0.39, 0.29) is 16.5 Å². The van der Waals surface area contributed by atoms with E-state index in [1.807, 2.05) is 18.7 Å². The first-order valence-electron chi connectivity index (χ1n) is 7.25. The van der Waals surface area contributed by atoms with Crippen LogP contribution in [-0.2, 0) is 4.79 Å². The molecule has 5 nitrogen and oxygen atoms in total. The van der Waals surface area contributed by atoms with E-state index in [1.165, 1.54) is 19.3 Å². The zero-order valence-corrected chi connectivity index (χ0v) is 13.6. The van der Waals surface area contributed by atoms with Crippen molar-refractivity contribution in [1.82, 2.24) is 5.32 Å². The Balaban J connectivity index is 2.70. The Bertz CT molecular complexity index is 367. The second-order valence-corrected chi connectivity index (χ2v) is 7.08. The molecule has 4 N–H and O–H groups in total. The molecule has 20 heavy (non-hydrogen) atoms. The molecule has 1 fully saturated rings. The Labute approximate surface area is 125 Å². The van der Waals surface area contributed by atoms with E-state index < -0.39 is 5.41 Å². The quantitative estimate of drug-likeness (QED) is 0.304. The second kappa shape index (κ2) is 7.20. The van der Waals surface area contributed by atoms with Gasteiger partial charge in [-0.05, 0) is 32.4 Å². The van der Waals surface area contributed by atoms with Gasteiger partial charge < -0.3 is 16.3 Å². The third-order valence-electron chi connectivity index (χ3n) is 4.65. The predicted molar refractivity (Wildman–Crippen MR) is 84.1 cm³/mol. The summed E-state index contributed by atoms with van der Waals surface area (Å²) >= 11 is 1.84. The average molecular weight is 301 g/mol. The molecular weight excluding hydrogens is 274 g/mol. The van der Waals surface area contributed by atoms with Crippen molar-refractivity contribution in [3.8, 4) is 0 Å². The van der Waals surface area contributed by atoms with Crippen molar-refractivity contribution in [2.45, 2.75) is 57.1 Å². The fourth-order valence-corrected chi connectivity index (χ4v) is 3.57. The number of rotatable bonds is 6. The Hall–Kier alpha value is -0.910. The number of amides is 1. The Morgan fingerprint density at radius 1 is 1.45 bits per heavy atom. The molecule has 116 valence electrons. The number of amidine groups is 1. The molecule has 1 saturated carbocycles. The van der Waals surface area contributed by atoms with Crippen LogP contribution in [0.4, 0.5) is 0 Å². The van der Waals surface area contributed by atoms with Crippen LogP contribution < -0.4 is 11.1 Å². The molecule has 0 saturated heterocycles. The molecule has 1 atom stereocenters. The predicted octanol–water partition coefficient (Wildman–Crippen LogP) is 2.33. The molecule has 0 aromatic rings. The summed E-state index contributed by atoms with van der Waals surface area (Å²) in [5.41, 5.74) is 4.73. The minimum Gasteiger partial charge on any atom is -0.409 e. The van der Waals surface area contributed by atoms with E-state index in [9.17, 15) is 4.79 Å². The van der Waals surface area contributed by atoms with Gasteiger partial charge >= 0.3 is 0 Å². The Morgan fingerprint density at radius 2 is 2.05 bits per heavy atom. The molecule has 1 aliphatic rings. The van der Waals surface area contributed by atoms with Gasteiger partial charge in [0.2, 0.25) is 5.91 Å². The summed E-state index contributed by atoms with van der Waals surface area (Å²) in [7, 11) is 0. The zero-order valence-electron chi connectivity index (χ0n) is 12.7. The summed E-state index contributed by atoms with van der Waals surface area (Å²) in [5, 5.41) is 14.9. The highest BCUT2D eigenvalue weighted by Gasteiger charge is 2.38. The first-order chi connectivity index (χ1) is 9.44. The van der Waals surface area contributed by atoms with Gasteiger partial charge in [0.25, 0.3) is 0 Å². The minimum atomic E-state index is -0.941. The van der Waals surface area contributed by atoms with Crippen LogP contribution in [0.15, 0.2) is 5.16 Å². The van der Waals surface area contributed by atoms with Crippen molar-refractivity contribution in [3.05, 3.63) is 0 Å². The van der Waals surface area contributed by atoms with E-state index in [0.29, 0.717) is 13.0 Å². The van der Waals surface area contributed by atoms with Gasteiger partial charge in [-0.15, -0.1) is 0 Å². The monoisotopic (exact) mass is 301 g/mol. The summed E-state index contributed by atoms with van der Waals surface area (Å²) in [6.45, 7) is 4.23. The highest BCUT2D eigenvalue weighted by molar-refractivity contribution is 8.00.